The molecule has 4 nitrogen and oxygen atoms in total. The summed E-state index contributed by atoms with van der Waals surface area (Å²) in [5, 5.41) is 10.3. The molecule has 0 unspecified atom stereocenters. The van der Waals surface area contributed by atoms with Crippen molar-refractivity contribution in [1.82, 2.24) is 9.88 Å². The summed E-state index contributed by atoms with van der Waals surface area (Å²) < 4.78 is 0. The molecular weight excluding hydrogens is 272 g/mol. The topological polar surface area (TPSA) is 53.4 Å². The van der Waals surface area contributed by atoms with Gasteiger partial charge in [0.2, 0.25) is 0 Å². The number of nitrogens with zero attached hydrogens (tertiary/aromatic N) is 2. The van der Waals surface area contributed by atoms with Crippen LogP contribution in [0.15, 0.2) is 0 Å². The second-order valence-corrected chi connectivity index (χ2v) is 6.81. The summed E-state index contributed by atoms with van der Waals surface area (Å²) in [5.41, 5.74) is 0.265. The highest BCUT2D eigenvalue weighted by Gasteiger charge is 2.22. The van der Waals surface area contributed by atoms with Gasteiger partial charge in [0.15, 0.2) is 5.69 Å². The first-order valence-corrected chi connectivity index (χ1v) is 8.35. The molecule has 1 N–H and O–H groups in total. The van der Waals surface area contributed by atoms with Crippen molar-refractivity contribution in [2.24, 2.45) is 0 Å². The molecule has 1 aromatic rings. The van der Waals surface area contributed by atoms with Gasteiger partial charge in [-0.1, -0.05) is 26.2 Å². The van der Waals surface area contributed by atoms with Gasteiger partial charge >= 0.3 is 5.97 Å². The number of hydrogen-bond donors (Lipinski definition) is 1. The fraction of sp³-hybridized carbons (Fsp3) is 0.733. The molecule has 0 bridgehead atoms. The third kappa shape index (κ3) is 3.79. The van der Waals surface area contributed by atoms with Crippen molar-refractivity contribution in [2.45, 2.75) is 64.5 Å². The summed E-state index contributed by atoms with van der Waals surface area (Å²) >= 11 is 1.57. The van der Waals surface area contributed by atoms with Crippen LogP contribution in [0, 0.1) is 0 Å². The molecule has 0 aliphatic heterocycles. The van der Waals surface area contributed by atoms with Gasteiger partial charge in [-0.25, -0.2) is 9.78 Å². The molecule has 1 fully saturated rings. The van der Waals surface area contributed by atoms with Gasteiger partial charge in [0.05, 0.1) is 9.88 Å². The molecule has 0 aromatic carbocycles. The van der Waals surface area contributed by atoms with Crippen LogP contribution in [-0.4, -0.2) is 34.0 Å². The van der Waals surface area contributed by atoms with Gasteiger partial charge in [0.25, 0.3) is 0 Å². The summed E-state index contributed by atoms with van der Waals surface area (Å²) in [6.45, 7) is 2.81. The Morgan fingerprint density at radius 1 is 1.40 bits per heavy atom. The summed E-state index contributed by atoms with van der Waals surface area (Å²) in [5.74, 6) is -0.893. The zero-order valence-electron chi connectivity index (χ0n) is 12.4. The second-order valence-electron chi connectivity index (χ2n) is 5.64. The Morgan fingerprint density at radius 2 is 2.10 bits per heavy atom. The standard InChI is InChI=1S/C15H24N2O2S/c1-3-7-13-16-14(15(18)19)12(20-13)10-17(2)11-8-5-4-6-9-11/h11H,3-10H2,1-2H3,(H,18,19). The minimum atomic E-state index is -0.893. The Balaban J connectivity index is 2.08. The number of aromatic nitrogens is 1. The van der Waals surface area contributed by atoms with Gasteiger partial charge in [-0.05, 0) is 32.7 Å². The molecule has 0 radical (unpaired) electrons. The van der Waals surface area contributed by atoms with E-state index in [9.17, 15) is 9.90 Å². The number of thiazole rings is 1. The molecule has 5 heteroatoms. The minimum Gasteiger partial charge on any atom is -0.476 e. The lowest BCUT2D eigenvalue weighted by Crippen LogP contribution is -2.33. The summed E-state index contributed by atoms with van der Waals surface area (Å²) in [6, 6.07) is 0.599. The van der Waals surface area contributed by atoms with E-state index in [1.54, 1.807) is 11.3 Å². The Kier molecular flexibility index (Phi) is 5.54. The van der Waals surface area contributed by atoms with Crippen LogP contribution in [0.5, 0.6) is 0 Å². The average Bonchev–Trinajstić information content (AvgIpc) is 2.83. The van der Waals surface area contributed by atoms with Crippen molar-refractivity contribution < 1.29 is 9.90 Å². The monoisotopic (exact) mass is 296 g/mol. The summed E-state index contributed by atoms with van der Waals surface area (Å²) in [6.07, 6.45) is 8.28. The lowest BCUT2D eigenvalue weighted by Gasteiger charge is -2.30. The SMILES string of the molecule is CCCc1nc(C(=O)O)c(CN(C)C2CCCCC2)s1. The van der Waals surface area contributed by atoms with Gasteiger partial charge < -0.3 is 5.11 Å². The predicted molar refractivity (Wildman–Crippen MR) is 81.4 cm³/mol. The van der Waals surface area contributed by atoms with Crippen LogP contribution in [0.1, 0.15) is 65.8 Å². The zero-order valence-corrected chi connectivity index (χ0v) is 13.2. The highest BCUT2D eigenvalue weighted by atomic mass is 32.1. The van der Waals surface area contributed by atoms with Crippen LogP contribution in [0.2, 0.25) is 0 Å². The highest BCUT2D eigenvalue weighted by Crippen LogP contribution is 2.26. The molecule has 112 valence electrons. The average molecular weight is 296 g/mol. The number of aryl methyl sites for hydroxylation is 1. The Morgan fingerprint density at radius 3 is 2.70 bits per heavy atom. The lowest BCUT2D eigenvalue weighted by molar-refractivity contribution is 0.0688. The van der Waals surface area contributed by atoms with Gasteiger partial charge in [0, 0.05) is 12.6 Å². The van der Waals surface area contributed by atoms with Crippen LogP contribution < -0.4 is 0 Å². The van der Waals surface area contributed by atoms with Crippen LogP contribution in [0.25, 0.3) is 0 Å². The normalized spacial score (nSPS) is 16.8. The number of carbonyl (C=O) groups is 1. The number of carboxylic acid groups (broad SMARTS) is 1. The maximum Gasteiger partial charge on any atom is 0.355 e. The molecule has 0 saturated heterocycles. The van der Waals surface area contributed by atoms with E-state index >= 15 is 0 Å². The van der Waals surface area contributed by atoms with E-state index in [4.69, 9.17) is 0 Å². The maximum atomic E-state index is 11.3. The van der Waals surface area contributed by atoms with E-state index in [0.717, 1.165) is 22.7 Å². The Labute approximate surface area is 124 Å². The van der Waals surface area contributed by atoms with Crippen molar-refractivity contribution in [3.63, 3.8) is 0 Å². The van der Waals surface area contributed by atoms with Gasteiger partial charge in [-0.3, -0.25) is 4.90 Å². The first kappa shape index (κ1) is 15.4. The molecule has 1 aromatic heterocycles. The molecule has 2 rings (SSSR count). The summed E-state index contributed by atoms with van der Waals surface area (Å²) in [4.78, 5) is 18.8. The third-order valence-electron chi connectivity index (χ3n) is 4.00. The fourth-order valence-corrected chi connectivity index (χ4v) is 4.10. The number of rotatable bonds is 6. The van der Waals surface area contributed by atoms with Crippen molar-refractivity contribution in [1.29, 1.82) is 0 Å². The first-order chi connectivity index (χ1) is 9.61. The molecule has 0 atom stereocenters. The Bertz CT molecular complexity index is 453. The molecule has 1 aliphatic carbocycles. The highest BCUT2D eigenvalue weighted by molar-refractivity contribution is 7.11. The Hall–Kier alpha value is -0.940. The van der Waals surface area contributed by atoms with E-state index < -0.39 is 5.97 Å². The second kappa shape index (κ2) is 7.18. The molecule has 0 spiro atoms. The number of hydrogen-bond acceptors (Lipinski definition) is 4. The summed E-state index contributed by atoms with van der Waals surface area (Å²) in [7, 11) is 2.11. The van der Waals surface area contributed by atoms with E-state index in [-0.39, 0.29) is 5.69 Å². The molecule has 1 heterocycles. The third-order valence-corrected chi connectivity index (χ3v) is 5.10. The molecule has 0 amide bonds. The van der Waals surface area contributed by atoms with Gasteiger partial charge in [-0.15, -0.1) is 11.3 Å². The van der Waals surface area contributed by atoms with E-state index in [0.29, 0.717) is 12.6 Å². The van der Waals surface area contributed by atoms with Crippen molar-refractivity contribution >= 4 is 17.3 Å². The van der Waals surface area contributed by atoms with Gasteiger partial charge in [0.1, 0.15) is 0 Å². The van der Waals surface area contributed by atoms with Gasteiger partial charge in [-0.2, -0.15) is 0 Å². The number of aromatic carboxylic acids is 1. The number of carboxylic acids is 1. The quantitative estimate of drug-likeness (QED) is 0.872. The maximum absolute atomic E-state index is 11.3. The van der Waals surface area contributed by atoms with Crippen molar-refractivity contribution in [3.05, 3.63) is 15.6 Å². The van der Waals surface area contributed by atoms with Crippen LogP contribution in [0.3, 0.4) is 0 Å². The molecule has 1 aliphatic rings. The van der Waals surface area contributed by atoms with Crippen molar-refractivity contribution in [2.75, 3.05) is 7.05 Å². The predicted octanol–water partition coefficient (Wildman–Crippen LogP) is 3.56. The van der Waals surface area contributed by atoms with E-state index in [1.807, 2.05) is 0 Å². The van der Waals surface area contributed by atoms with Crippen LogP contribution in [0.4, 0.5) is 0 Å². The minimum absolute atomic E-state index is 0.265. The van der Waals surface area contributed by atoms with Crippen LogP contribution in [-0.2, 0) is 13.0 Å². The smallest absolute Gasteiger partial charge is 0.355 e. The largest absolute Gasteiger partial charge is 0.476 e. The molecule has 1 saturated carbocycles. The lowest BCUT2D eigenvalue weighted by atomic mass is 9.94. The van der Waals surface area contributed by atoms with E-state index in [2.05, 4.69) is 23.9 Å². The van der Waals surface area contributed by atoms with E-state index in [1.165, 1.54) is 32.1 Å². The zero-order chi connectivity index (χ0) is 14.5. The first-order valence-electron chi connectivity index (χ1n) is 7.54. The van der Waals surface area contributed by atoms with Crippen molar-refractivity contribution in [3.8, 4) is 0 Å². The molecular formula is C15H24N2O2S. The molecule has 20 heavy (non-hydrogen) atoms. The van der Waals surface area contributed by atoms with Crippen LogP contribution >= 0.6 is 11.3 Å². The fourth-order valence-electron chi connectivity index (χ4n) is 2.87.